The number of nitrogens with zero attached hydrogens (tertiary/aromatic N) is 3. The summed E-state index contributed by atoms with van der Waals surface area (Å²) in [5, 5.41) is 13.5. The van der Waals surface area contributed by atoms with Gasteiger partial charge in [0.05, 0.1) is 16.8 Å². The van der Waals surface area contributed by atoms with Gasteiger partial charge in [0, 0.05) is 5.56 Å². The zero-order chi connectivity index (χ0) is 18.5. The number of hydrazone groups is 1. The Balaban J connectivity index is 1.80. The van der Waals surface area contributed by atoms with Crippen molar-refractivity contribution < 1.29 is 13.9 Å². The third-order valence-electron chi connectivity index (χ3n) is 3.36. The first-order valence-electron chi connectivity index (χ1n) is 7.68. The summed E-state index contributed by atoms with van der Waals surface area (Å²) in [6.07, 6.45) is 0. The third-order valence-corrected chi connectivity index (χ3v) is 4.28. The van der Waals surface area contributed by atoms with E-state index in [0.29, 0.717) is 11.7 Å². The van der Waals surface area contributed by atoms with Gasteiger partial charge in [-0.3, -0.25) is 10.2 Å². The van der Waals surface area contributed by atoms with Crippen molar-refractivity contribution in [2.45, 2.75) is 6.92 Å². The van der Waals surface area contributed by atoms with Crippen molar-refractivity contribution in [3.63, 3.8) is 0 Å². The van der Waals surface area contributed by atoms with Gasteiger partial charge >= 0.3 is 0 Å². The van der Waals surface area contributed by atoms with E-state index in [1.165, 1.54) is 23.5 Å². The molecule has 3 aromatic rings. The van der Waals surface area contributed by atoms with Gasteiger partial charge in [-0.1, -0.05) is 11.3 Å². The van der Waals surface area contributed by atoms with Gasteiger partial charge in [0.1, 0.15) is 17.6 Å². The molecule has 1 heterocycles. The smallest absolute Gasteiger partial charge is 0.223 e. The Morgan fingerprint density at radius 3 is 2.81 bits per heavy atom. The van der Waals surface area contributed by atoms with Crippen LogP contribution in [0.2, 0.25) is 0 Å². The lowest BCUT2D eigenvalue weighted by Crippen LogP contribution is -2.14. The van der Waals surface area contributed by atoms with Crippen LogP contribution in [-0.2, 0) is 0 Å². The van der Waals surface area contributed by atoms with Crippen molar-refractivity contribution in [2.24, 2.45) is 5.10 Å². The molecule has 0 amide bonds. The largest absolute Gasteiger partial charge is 0.494 e. The molecule has 1 N–H and O–H groups in total. The molecule has 6 nitrogen and oxygen atoms in total. The van der Waals surface area contributed by atoms with E-state index in [-0.39, 0.29) is 11.3 Å². The summed E-state index contributed by atoms with van der Waals surface area (Å²) in [6, 6.07) is 12.2. The van der Waals surface area contributed by atoms with E-state index in [4.69, 9.17) is 4.74 Å². The van der Waals surface area contributed by atoms with Gasteiger partial charge in [-0.05, 0) is 49.4 Å². The number of fused-ring (bicyclic) bond motifs is 1. The molecule has 0 unspecified atom stereocenters. The Labute approximate surface area is 152 Å². The molecule has 0 fully saturated rings. The van der Waals surface area contributed by atoms with Gasteiger partial charge in [0.25, 0.3) is 0 Å². The highest BCUT2D eigenvalue weighted by Crippen LogP contribution is 2.29. The van der Waals surface area contributed by atoms with Crippen molar-refractivity contribution in [3.8, 4) is 11.8 Å². The number of aromatic nitrogens is 1. The molecule has 1 aromatic heterocycles. The van der Waals surface area contributed by atoms with Crippen LogP contribution in [0.15, 0.2) is 47.6 Å². The summed E-state index contributed by atoms with van der Waals surface area (Å²) in [5.74, 6) is -0.321. The maximum absolute atomic E-state index is 12.9. The van der Waals surface area contributed by atoms with Crippen molar-refractivity contribution >= 4 is 38.2 Å². The number of thiazole rings is 1. The number of benzene rings is 2. The van der Waals surface area contributed by atoms with E-state index in [1.54, 1.807) is 6.07 Å². The summed E-state index contributed by atoms with van der Waals surface area (Å²) in [5.41, 5.74) is 3.22. The average molecular weight is 368 g/mol. The average Bonchev–Trinajstić information content (AvgIpc) is 3.05. The van der Waals surface area contributed by atoms with Crippen LogP contribution in [0, 0.1) is 17.1 Å². The number of Topliss-reactive ketones (excluding diaryl/α,β-unsaturated/α-hetero) is 1. The Bertz CT molecular complexity index is 1020. The SMILES string of the molecule is CCOc1ccc2nc(NN=C(C#N)C(=O)c3ccc(F)cc3)sc2c1. The maximum Gasteiger partial charge on any atom is 0.223 e. The van der Waals surface area contributed by atoms with E-state index >= 15 is 0 Å². The molecule has 0 spiro atoms. The van der Waals surface area contributed by atoms with Crippen LogP contribution in [0.3, 0.4) is 0 Å². The fourth-order valence-electron chi connectivity index (χ4n) is 2.18. The lowest BCUT2D eigenvalue weighted by molar-refractivity contribution is 0.106. The van der Waals surface area contributed by atoms with Crippen LogP contribution in [0.5, 0.6) is 5.75 Å². The van der Waals surface area contributed by atoms with E-state index in [9.17, 15) is 14.4 Å². The highest BCUT2D eigenvalue weighted by Gasteiger charge is 2.14. The topological polar surface area (TPSA) is 87.4 Å². The molecule has 0 saturated carbocycles. The standard InChI is InChI=1S/C18H13FN4O2S/c1-2-25-13-7-8-14-16(9-13)26-18(21-14)23-22-15(10-20)17(24)11-3-5-12(19)6-4-11/h3-9H,2H2,1H3,(H,21,23). The molecule has 3 rings (SSSR count). The lowest BCUT2D eigenvalue weighted by atomic mass is 10.1. The zero-order valence-corrected chi connectivity index (χ0v) is 14.5. The molecule has 130 valence electrons. The summed E-state index contributed by atoms with van der Waals surface area (Å²) in [6.45, 7) is 2.47. The number of nitriles is 1. The molecule has 0 saturated heterocycles. The minimum absolute atomic E-state index is 0.180. The lowest BCUT2D eigenvalue weighted by Gasteiger charge is -2.00. The van der Waals surface area contributed by atoms with Crippen LogP contribution in [-0.4, -0.2) is 23.1 Å². The van der Waals surface area contributed by atoms with Gasteiger partial charge in [-0.15, -0.1) is 0 Å². The first-order valence-corrected chi connectivity index (χ1v) is 8.50. The van der Waals surface area contributed by atoms with Gasteiger partial charge < -0.3 is 4.74 Å². The van der Waals surface area contributed by atoms with Gasteiger partial charge in [-0.2, -0.15) is 10.4 Å². The van der Waals surface area contributed by atoms with Gasteiger partial charge in [0.15, 0.2) is 0 Å². The summed E-state index contributed by atoms with van der Waals surface area (Å²) < 4.78 is 19.3. The van der Waals surface area contributed by atoms with E-state index in [0.717, 1.165) is 28.1 Å². The first kappa shape index (κ1) is 17.5. The van der Waals surface area contributed by atoms with E-state index in [2.05, 4.69) is 15.5 Å². The number of carbonyl (C=O) groups is 1. The Hall–Kier alpha value is -3.31. The molecule has 2 aromatic carbocycles. The number of nitrogens with one attached hydrogen (secondary N) is 1. The Morgan fingerprint density at radius 2 is 2.12 bits per heavy atom. The van der Waals surface area contributed by atoms with Crippen LogP contribution < -0.4 is 10.2 Å². The molecule has 0 bridgehead atoms. The van der Waals surface area contributed by atoms with Crippen molar-refractivity contribution in [3.05, 3.63) is 53.8 Å². The molecular formula is C18H13FN4O2S. The quantitative estimate of drug-likeness (QED) is 0.403. The predicted octanol–water partition coefficient (Wildman–Crippen LogP) is 4.01. The molecule has 0 radical (unpaired) electrons. The van der Waals surface area contributed by atoms with E-state index < -0.39 is 11.6 Å². The minimum atomic E-state index is -0.597. The number of ether oxygens (including phenoxy) is 1. The predicted molar refractivity (Wildman–Crippen MR) is 98.2 cm³/mol. The Kier molecular flexibility index (Phi) is 5.20. The highest BCUT2D eigenvalue weighted by molar-refractivity contribution is 7.22. The van der Waals surface area contributed by atoms with Crippen molar-refractivity contribution in [1.29, 1.82) is 5.26 Å². The number of anilines is 1. The molecular weight excluding hydrogens is 355 g/mol. The normalized spacial score (nSPS) is 11.2. The van der Waals surface area contributed by atoms with Crippen LogP contribution in [0.1, 0.15) is 17.3 Å². The molecule has 26 heavy (non-hydrogen) atoms. The van der Waals surface area contributed by atoms with Crippen LogP contribution in [0.4, 0.5) is 9.52 Å². The second kappa shape index (κ2) is 7.72. The number of rotatable bonds is 6. The number of ketones is 1. The number of hydrogen-bond acceptors (Lipinski definition) is 7. The van der Waals surface area contributed by atoms with Gasteiger partial charge in [0.2, 0.25) is 16.6 Å². The molecule has 0 aliphatic rings. The van der Waals surface area contributed by atoms with Crippen molar-refractivity contribution in [1.82, 2.24) is 4.98 Å². The highest BCUT2D eigenvalue weighted by atomic mass is 32.1. The van der Waals surface area contributed by atoms with Crippen LogP contribution >= 0.6 is 11.3 Å². The minimum Gasteiger partial charge on any atom is -0.494 e. The zero-order valence-electron chi connectivity index (χ0n) is 13.7. The van der Waals surface area contributed by atoms with Gasteiger partial charge in [-0.25, -0.2) is 9.37 Å². The fraction of sp³-hybridized carbons (Fsp3) is 0.111. The summed E-state index contributed by atoms with van der Waals surface area (Å²) in [7, 11) is 0. The monoisotopic (exact) mass is 368 g/mol. The second-order valence-electron chi connectivity index (χ2n) is 5.10. The second-order valence-corrected chi connectivity index (χ2v) is 6.13. The fourth-order valence-corrected chi connectivity index (χ4v) is 3.01. The third kappa shape index (κ3) is 3.84. The molecule has 0 atom stereocenters. The number of carbonyl (C=O) groups excluding carboxylic acids is 1. The van der Waals surface area contributed by atoms with E-state index in [1.807, 2.05) is 25.1 Å². The summed E-state index contributed by atoms with van der Waals surface area (Å²) in [4.78, 5) is 16.6. The maximum atomic E-state index is 12.9. The molecule has 8 heteroatoms. The van der Waals surface area contributed by atoms with Crippen molar-refractivity contribution in [2.75, 3.05) is 12.0 Å². The summed E-state index contributed by atoms with van der Waals surface area (Å²) >= 11 is 1.32. The molecule has 0 aliphatic heterocycles. The molecule has 0 aliphatic carbocycles. The van der Waals surface area contributed by atoms with Crippen LogP contribution in [0.25, 0.3) is 10.2 Å². The first-order chi connectivity index (χ1) is 12.6. The number of hydrogen-bond donors (Lipinski definition) is 1. The Morgan fingerprint density at radius 1 is 1.35 bits per heavy atom. The number of halogens is 1.